The van der Waals surface area contributed by atoms with Crippen molar-refractivity contribution in [1.82, 2.24) is 9.47 Å². The fraction of sp³-hybridized carbons (Fsp3) is 0.174. The van der Waals surface area contributed by atoms with E-state index >= 15 is 0 Å². The van der Waals surface area contributed by atoms with Crippen molar-refractivity contribution in [3.8, 4) is 5.75 Å². The van der Waals surface area contributed by atoms with E-state index in [1.165, 1.54) is 0 Å². The Morgan fingerprint density at radius 2 is 2.00 bits per heavy atom. The molecule has 1 amide bonds. The highest BCUT2D eigenvalue weighted by atomic mass is 35.5. The summed E-state index contributed by atoms with van der Waals surface area (Å²) in [6.45, 7) is 5.39. The smallest absolute Gasteiger partial charge is 0.256 e. The van der Waals surface area contributed by atoms with E-state index < -0.39 is 0 Å². The van der Waals surface area contributed by atoms with E-state index in [1.54, 1.807) is 30.2 Å². The molecule has 0 unspecified atom stereocenters. The van der Waals surface area contributed by atoms with Crippen molar-refractivity contribution in [2.24, 2.45) is 0 Å². The third-order valence-corrected chi connectivity index (χ3v) is 4.83. The molecule has 0 saturated carbocycles. The Hall–Kier alpha value is -2.98. The standard InChI is InChI=1S/C23H23ClN2O2/c1-3-13-26(23(27)21-11-4-5-12-22(21)24)17-19-9-7-14-25(19)16-18-8-6-10-20(15-18)28-2/h3-12,14-15H,1,13,16-17H2,2H3. The first-order valence-electron chi connectivity index (χ1n) is 9.04. The summed E-state index contributed by atoms with van der Waals surface area (Å²) in [6, 6.07) is 19.1. The van der Waals surface area contributed by atoms with Gasteiger partial charge in [-0.25, -0.2) is 0 Å². The first-order chi connectivity index (χ1) is 13.6. The fourth-order valence-electron chi connectivity index (χ4n) is 3.09. The van der Waals surface area contributed by atoms with Gasteiger partial charge in [0.1, 0.15) is 5.75 Å². The normalized spacial score (nSPS) is 10.5. The molecule has 2 aromatic carbocycles. The molecule has 144 valence electrons. The molecule has 0 radical (unpaired) electrons. The molecule has 3 aromatic rings. The fourth-order valence-corrected chi connectivity index (χ4v) is 3.31. The summed E-state index contributed by atoms with van der Waals surface area (Å²) in [5.74, 6) is 0.716. The van der Waals surface area contributed by atoms with Crippen molar-refractivity contribution < 1.29 is 9.53 Å². The summed E-state index contributed by atoms with van der Waals surface area (Å²) in [6.07, 6.45) is 3.74. The Labute approximate surface area is 170 Å². The van der Waals surface area contributed by atoms with Gasteiger partial charge in [-0.15, -0.1) is 6.58 Å². The number of ether oxygens (including phenoxy) is 1. The summed E-state index contributed by atoms with van der Waals surface area (Å²) in [5.41, 5.74) is 2.66. The maximum Gasteiger partial charge on any atom is 0.256 e. The zero-order valence-electron chi connectivity index (χ0n) is 15.8. The summed E-state index contributed by atoms with van der Waals surface area (Å²) in [7, 11) is 1.66. The van der Waals surface area contributed by atoms with Crippen LogP contribution in [0.1, 0.15) is 21.6 Å². The second kappa shape index (κ2) is 9.29. The van der Waals surface area contributed by atoms with E-state index in [9.17, 15) is 4.79 Å². The van der Waals surface area contributed by atoms with E-state index in [4.69, 9.17) is 16.3 Å². The molecule has 4 nitrogen and oxygen atoms in total. The highest BCUT2D eigenvalue weighted by Gasteiger charge is 2.18. The molecular formula is C23H23ClN2O2. The van der Waals surface area contributed by atoms with Crippen molar-refractivity contribution in [2.45, 2.75) is 13.1 Å². The summed E-state index contributed by atoms with van der Waals surface area (Å²) < 4.78 is 7.44. The average molecular weight is 395 g/mol. The summed E-state index contributed by atoms with van der Waals surface area (Å²) >= 11 is 6.22. The Morgan fingerprint density at radius 1 is 1.18 bits per heavy atom. The SMILES string of the molecule is C=CCN(Cc1cccn1Cc1cccc(OC)c1)C(=O)c1ccccc1Cl. The Balaban J connectivity index is 1.81. The van der Waals surface area contributed by atoms with Crippen LogP contribution in [0.15, 0.2) is 79.5 Å². The molecule has 0 aliphatic heterocycles. The summed E-state index contributed by atoms with van der Waals surface area (Å²) in [5, 5.41) is 0.452. The van der Waals surface area contributed by atoms with Crippen LogP contribution in [-0.4, -0.2) is 29.0 Å². The molecule has 1 aromatic heterocycles. The van der Waals surface area contributed by atoms with Crippen LogP contribution in [0.4, 0.5) is 0 Å². The van der Waals surface area contributed by atoms with Crippen LogP contribution in [0, 0.1) is 0 Å². The highest BCUT2D eigenvalue weighted by molar-refractivity contribution is 6.33. The van der Waals surface area contributed by atoms with Crippen LogP contribution in [0.2, 0.25) is 5.02 Å². The monoisotopic (exact) mass is 394 g/mol. The topological polar surface area (TPSA) is 34.5 Å². The maximum atomic E-state index is 13.0. The van der Waals surface area contributed by atoms with Crippen LogP contribution in [0.5, 0.6) is 5.75 Å². The lowest BCUT2D eigenvalue weighted by Crippen LogP contribution is -2.31. The lowest BCUT2D eigenvalue weighted by atomic mass is 10.2. The number of carbonyl (C=O) groups is 1. The molecule has 1 heterocycles. The Morgan fingerprint density at radius 3 is 2.75 bits per heavy atom. The number of benzene rings is 2. The van der Waals surface area contributed by atoms with Crippen LogP contribution >= 0.6 is 11.6 Å². The van der Waals surface area contributed by atoms with Gasteiger partial charge >= 0.3 is 0 Å². The number of hydrogen-bond donors (Lipinski definition) is 0. The molecule has 5 heteroatoms. The van der Waals surface area contributed by atoms with Gasteiger partial charge in [-0.2, -0.15) is 0 Å². The van der Waals surface area contributed by atoms with Gasteiger partial charge in [-0.3, -0.25) is 4.79 Å². The molecule has 0 atom stereocenters. The lowest BCUT2D eigenvalue weighted by molar-refractivity contribution is 0.0759. The molecule has 28 heavy (non-hydrogen) atoms. The van der Waals surface area contributed by atoms with Gasteiger partial charge in [0, 0.05) is 25.0 Å². The van der Waals surface area contributed by atoms with Crippen LogP contribution in [0.3, 0.4) is 0 Å². The Bertz CT molecular complexity index is 964. The van der Waals surface area contributed by atoms with Gasteiger partial charge in [0.05, 0.1) is 24.2 Å². The van der Waals surface area contributed by atoms with E-state index in [2.05, 4.69) is 17.2 Å². The van der Waals surface area contributed by atoms with Crippen molar-refractivity contribution in [2.75, 3.05) is 13.7 Å². The number of amides is 1. The molecular weight excluding hydrogens is 372 g/mol. The molecule has 0 aliphatic carbocycles. The number of carbonyl (C=O) groups excluding carboxylic acids is 1. The minimum Gasteiger partial charge on any atom is -0.497 e. The van der Waals surface area contributed by atoms with Crippen molar-refractivity contribution in [3.05, 3.63) is 101 Å². The minimum atomic E-state index is -0.111. The van der Waals surface area contributed by atoms with Gasteiger partial charge in [-0.05, 0) is 42.0 Å². The Kier molecular flexibility index (Phi) is 6.56. The van der Waals surface area contributed by atoms with Crippen molar-refractivity contribution >= 4 is 17.5 Å². The molecule has 0 spiro atoms. The summed E-state index contributed by atoms with van der Waals surface area (Å²) in [4.78, 5) is 14.7. The van der Waals surface area contributed by atoms with E-state index in [-0.39, 0.29) is 5.91 Å². The third kappa shape index (κ3) is 4.65. The zero-order chi connectivity index (χ0) is 19.9. The minimum absolute atomic E-state index is 0.111. The highest BCUT2D eigenvalue weighted by Crippen LogP contribution is 2.20. The molecule has 0 bridgehead atoms. The number of nitrogens with zero attached hydrogens (tertiary/aromatic N) is 2. The largest absolute Gasteiger partial charge is 0.497 e. The average Bonchev–Trinajstić information content (AvgIpc) is 3.14. The molecule has 0 N–H and O–H groups in total. The molecule has 0 fully saturated rings. The quantitative estimate of drug-likeness (QED) is 0.502. The van der Waals surface area contributed by atoms with Gasteiger partial charge < -0.3 is 14.2 Å². The first kappa shape index (κ1) is 19.8. The number of aromatic nitrogens is 1. The lowest BCUT2D eigenvalue weighted by Gasteiger charge is -2.23. The van der Waals surface area contributed by atoms with Crippen molar-refractivity contribution in [3.63, 3.8) is 0 Å². The van der Waals surface area contributed by atoms with Crippen molar-refractivity contribution in [1.29, 1.82) is 0 Å². The number of halogens is 1. The maximum absolute atomic E-state index is 13.0. The second-order valence-corrected chi connectivity index (χ2v) is 6.84. The zero-order valence-corrected chi connectivity index (χ0v) is 16.6. The van der Waals surface area contributed by atoms with Crippen LogP contribution < -0.4 is 4.74 Å². The predicted molar refractivity (Wildman–Crippen MR) is 113 cm³/mol. The molecule has 0 aliphatic rings. The molecule has 0 saturated heterocycles. The number of methoxy groups -OCH3 is 1. The van der Waals surface area contributed by atoms with E-state index in [1.807, 2.05) is 48.7 Å². The third-order valence-electron chi connectivity index (χ3n) is 4.50. The van der Waals surface area contributed by atoms with Crippen LogP contribution in [0.25, 0.3) is 0 Å². The van der Waals surface area contributed by atoms with Gasteiger partial charge in [0.15, 0.2) is 0 Å². The number of rotatable bonds is 8. The second-order valence-electron chi connectivity index (χ2n) is 6.43. The van der Waals surface area contributed by atoms with Gasteiger partial charge in [0.2, 0.25) is 0 Å². The number of hydrogen-bond acceptors (Lipinski definition) is 2. The van der Waals surface area contributed by atoms with Gasteiger partial charge in [-0.1, -0.05) is 41.9 Å². The van der Waals surface area contributed by atoms with Crippen LogP contribution in [-0.2, 0) is 13.1 Å². The van der Waals surface area contributed by atoms with E-state index in [0.717, 1.165) is 17.0 Å². The first-order valence-corrected chi connectivity index (χ1v) is 9.42. The predicted octanol–water partition coefficient (Wildman–Crippen LogP) is 5.03. The van der Waals surface area contributed by atoms with E-state index in [0.29, 0.717) is 30.2 Å². The van der Waals surface area contributed by atoms with Gasteiger partial charge in [0.25, 0.3) is 5.91 Å². The molecule has 3 rings (SSSR count).